The van der Waals surface area contributed by atoms with Crippen LogP contribution in [0.4, 0.5) is 8.78 Å². The Hall–Kier alpha value is -3.82. The highest BCUT2D eigenvalue weighted by molar-refractivity contribution is 7.89. The van der Waals surface area contributed by atoms with E-state index in [2.05, 4.69) is 9.52 Å². The highest BCUT2D eigenvalue weighted by Crippen LogP contribution is 2.30. The number of carbonyl (C=O) groups is 2. The summed E-state index contributed by atoms with van der Waals surface area (Å²) >= 11 is 0. The summed E-state index contributed by atoms with van der Waals surface area (Å²) in [5.74, 6) is -6.15. The number of sulfonamides is 1. The molecule has 0 aliphatic rings. The van der Waals surface area contributed by atoms with E-state index in [0.717, 1.165) is 42.5 Å². The van der Waals surface area contributed by atoms with Gasteiger partial charge in [-0.1, -0.05) is 0 Å². The minimum absolute atomic E-state index is 0.00846. The van der Waals surface area contributed by atoms with Crippen LogP contribution in [-0.4, -0.2) is 53.8 Å². The summed E-state index contributed by atoms with van der Waals surface area (Å²) in [4.78, 5) is 34.3. The predicted octanol–water partition coefficient (Wildman–Crippen LogP) is 1.66. The number of nitrogens with zero attached hydrogens (tertiary/aromatic N) is 2. The number of hydrogen-bond acceptors (Lipinski definition) is 7. The van der Waals surface area contributed by atoms with Gasteiger partial charge in [-0.25, -0.2) is 17.2 Å². The Bertz CT molecular complexity index is 1360. The Labute approximate surface area is 209 Å². The van der Waals surface area contributed by atoms with Crippen LogP contribution >= 0.6 is 8.25 Å². The zero-order valence-corrected chi connectivity index (χ0v) is 20.6. The second-order valence-corrected chi connectivity index (χ2v) is 9.73. The van der Waals surface area contributed by atoms with Crippen molar-refractivity contribution in [2.45, 2.75) is 11.8 Å². The molecule has 0 spiro atoms. The lowest BCUT2D eigenvalue weighted by Crippen LogP contribution is -2.36. The number of amides is 1. The van der Waals surface area contributed by atoms with Crippen molar-refractivity contribution < 1.29 is 50.6 Å². The summed E-state index contributed by atoms with van der Waals surface area (Å²) in [5, 5.41) is 8.92. The van der Waals surface area contributed by atoms with E-state index in [9.17, 15) is 31.4 Å². The molecular weight excluding hydrogens is 541 g/mol. The van der Waals surface area contributed by atoms with Crippen molar-refractivity contribution in [3.63, 3.8) is 0 Å². The fourth-order valence-corrected chi connectivity index (χ4v) is 4.26. The van der Waals surface area contributed by atoms with Crippen LogP contribution in [0.2, 0.25) is 0 Å². The Balaban J connectivity index is 2.28. The number of carboxylic acid groups (broad SMARTS) is 1. The third kappa shape index (κ3) is 8.37. The van der Waals surface area contributed by atoms with Gasteiger partial charge in [0.05, 0.1) is 4.90 Å². The maximum atomic E-state index is 14.5. The molecule has 0 fully saturated rings. The molecule has 6 N–H and O–H groups in total. The van der Waals surface area contributed by atoms with Crippen molar-refractivity contribution in [1.82, 2.24) is 4.31 Å². The number of aliphatic carboxylic acids is 1. The van der Waals surface area contributed by atoms with Crippen LogP contribution in [0.1, 0.15) is 12.5 Å². The smallest absolute Gasteiger partial charge is 0.480 e. The first kappa shape index (κ1) is 29.4. The quantitative estimate of drug-likeness (QED) is 0.102. The number of halogens is 2. The molecule has 37 heavy (non-hydrogen) atoms. The second-order valence-electron chi connectivity index (χ2n) is 7.06. The van der Waals surface area contributed by atoms with E-state index in [0.29, 0.717) is 4.31 Å². The van der Waals surface area contributed by atoms with E-state index in [4.69, 9.17) is 26.2 Å². The van der Waals surface area contributed by atoms with Gasteiger partial charge < -0.3 is 21.3 Å². The first-order valence-electron chi connectivity index (χ1n) is 9.81. The van der Waals surface area contributed by atoms with Crippen LogP contribution in [0.15, 0.2) is 51.9 Å². The minimum Gasteiger partial charge on any atom is -0.480 e. The average Bonchev–Trinajstić information content (AvgIpc) is 2.78. The average molecular weight is 561 g/mol. The molecule has 0 aliphatic heterocycles. The molecule has 198 valence electrons. The summed E-state index contributed by atoms with van der Waals surface area (Å²) in [6.07, 6.45) is 1.14. The van der Waals surface area contributed by atoms with Gasteiger partial charge in [-0.15, -0.1) is 9.42 Å². The molecule has 17 heteroatoms. The standard InChI is InChI=1S/C20H19F2N4O9PS/c1-11(19(29)25-20(23)24)6-12-7-15(21)18(16(22)8-12)35-13-2-4-14(5-3-13)37(32,33)26(9-17(27)28)10-34-36(30)31/h2-8H,9-10H2,1H3,(H5-,23,24,25,27,28,29,30,31)/p+1/b11-6+. The molecule has 2 rings (SSSR count). The third-order valence-corrected chi connectivity index (χ3v) is 6.40. The van der Waals surface area contributed by atoms with Gasteiger partial charge in [-0.3, -0.25) is 9.59 Å². The molecule has 0 saturated heterocycles. The number of ether oxygens (including phenoxy) is 1. The number of nitrogens with two attached hydrogens (primary N) is 2. The van der Waals surface area contributed by atoms with E-state index >= 15 is 0 Å². The van der Waals surface area contributed by atoms with Crippen molar-refractivity contribution in [2.75, 3.05) is 13.3 Å². The van der Waals surface area contributed by atoms with Crippen LogP contribution in [0, 0.1) is 11.6 Å². The molecule has 13 nitrogen and oxygen atoms in total. The van der Waals surface area contributed by atoms with E-state index in [1.807, 2.05) is 0 Å². The highest BCUT2D eigenvalue weighted by atomic mass is 32.2. The molecule has 0 bridgehead atoms. The van der Waals surface area contributed by atoms with Crippen LogP contribution in [0.5, 0.6) is 11.5 Å². The summed E-state index contributed by atoms with van der Waals surface area (Å²) in [7, 11) is -7.71. The van der Waals surface area contributed by atoms with Gasteiger partial charge in [0.2, 0.25) is 10.0 Å². The van der Waals surface area contributed by atoms with Crippen LogP contribution < -0.4 is 16.2 Å². The third-order valence-electron chi connectivity index (χ3n) is 4.28. The number of rotatable bonds is 11. The zero-order chi connectivity index (χ0) is 27.9. The molecule has 0 radical (unpaired) electrons. The van der Waals surface area contributed by atoms with Crippen molar-refractivity contribution >= 4 is 42.2 Å². The van der Waals surface area contributed by atoms with Crippen molar-refractivity contribution in [3.8, 4) is 11.5 Å². The van der Waals surface area contributed by atoms with Crippen LogP contribution in [0.3, 0.4) is 0 Å². The molecule has 0 saturated carbocycles. The number of hydrogen-bond donors (Lipinski definition) is 4. The SMILES string of the molecule is C/C(=C\c1cc(F)c(Oc2ccc(S(=O)(=O)N(CO[P+](=O)O)CC(=O)O)cc2)c(F)c1)C(=O)N=C(N)N. The molecule has 0 aromatic heterocycles. The Kier molecular flexibility index (Phi) is 9.88. The summed E-state index contributed by atoms with van der Waals surface area (Å²) in [5.41, 5.74) is 10.2. The Morgan fingerprint density at radius 1 is 1.16 bits per heavy atom. The van der Waals surface area contributed by atoms with Gasteiger partial charge in [-0.2, -0.15) is 9.30 Å². The van der Waals surface area contributed by atoms with Gasteiger partial charge in [-0.05, 0) is 55.0 Å². The predicted molar refractivity (Wildman–Crippen MR) is 125 cm³/mol. The molecule has 2 aromatic rings. The molecule has 1 atom stereocenters. The number of carbonyl (C=O) groups excluding carboxylic acids is 1. The maximum absolute atomic E-state index is 14.5. The van der Waals surface area contributed by atoms with Crippen molar-refractivity contribution in [1.29, 1.82) is 0 Å². The van der Waals surface area contributed by atoms with Gasteiger partial charge in [0.15, 0.2) is 30.1 Å². The van der Waals surface area contributed by atoms with Gasteiger partial charge >= 0.3 is 14.2 Å². The normalized spacial score (nSPS) is 12.2. The van der Waals surface area contributed by atoms with Crippen molar-refractivity contribution in [3.05, 3.63) is 59.2 Å². The maximum Gasteiger partial charge on any atom is 0.696 e. The zero-order valence-electron chi connectivity index (χ0n) is 18.9. The number of aliphatic imine (C=N–C) groups is 1. The molecule has 1 amide bonds. The first-order valence-corrected chi connectivity index (χ1v) is 12.4. The number of carboxylic acids is 1. The Morgan fingerprint density at radius 2 is 1.73 bits per heavy atom. The number of benzene rings is 2. The van der Waals surface area contributed by atoms with Gasteiger partial charge in [0.25, 0.3) is 5.91 Å². The largest absolute Gasteiger partial charge is 0.696 e. The molecule has 2 aromatic carbocycles. The molecular formula is C20H20F2N4O9PS+. The fraction of sp³-hybridized carbons (Fsp3) is 0.150. The Morgan fingerprint density at radius 3 is 2.22 bits per heavy atom. The topological polar surface area (TPSA) is 212 Å². The second kappa shape index (κ2) is 12.4. The lowest BCUT2D eigenvalue weighted by molar-refractivity contribution is -0.137. The molecule has 1 unspecified atom stereocenters. The van der Waals surface area contributed by atoms with Crippen molar-refractivity contribution in [2.24, 2.45) is 16.5 Å². The highest BCUT2D eigenvalue weighted by Gasteiger charge is 2.30. The van der Waals surface area contributed by atoms with Crippen LogP contribution in [0.25, 0.3) is 6.08 Å². The van der Waals surface area contributed by atoms with E-state index in [1.54, 1.807) is 0 Å². The van der Waals surface area contributed by atoms with E-state index < -0.39 is 71.7 Å². The van der Waals surface area contributed by atoms with Gasteiger partial charge in [0.1, 0.15) is 12.3 Å². The minimum atomic E-state index is -4.50. The van der Waals surface area contributed by atoms with E-state index in [-0.39, 0.29) is 16.9 Å². The summed E-state index contributed by atoms with van der Waals surface area (Å²) in [6.45, 7) is -0.761. The number of guanidine groups is 1. The van der Waals surface area contributed by atoms with E-state index in [1.165, 1.54) is 6.92 Å². The molecule has 0 heterocycles. The lowest BCUT2D eigenvalue weighted by atomic mass is 10.1. The molecule has 0 aliphatic carbocycles. The lowest BCUT2D eigenvalue weighted by Gasteiger charge is -2.17. The fourth-order valence-electron chi connectivity index (χ4n) is 2.69. The van der Waals surface area contributed by atoms with Crippen LogP contribution in [-0.2, 0) is 28.7 Å². The monoisotopic (exact) mass is 561 g/mol. The summed E-state index contributed by atoms with van der Waals surface area (Å²) < 4.78 is 74.9. The van der Waals surface area contributed by atoms with Gasteiger partial charge in [0, 0.05) is 10.1 Å². The first-order chi connectivity index (χ1) is 17.2. The summed E-state index contributed by atoms with van der Waals surface area (Å²) in [6, 6.07) is 5.76.